The summed E-state index contributed by atoms with van der Waals surface area (Å²) in [4.78, 5) is 12.1. The first kappa shape index (κ1) is 17.5. The number of benzene rings is 2. The van der Waals surface area contributed by atoms with E-state index in [0.29, 0.717) is 5.75 Å². The molecule has 132 valence electrons. The summed E-state index contributed by atoms with van der Waals surface area (Å²) in [6.07, 6.45) is 4.89. The summed E-state index contributed by atoms with van der Waals surface area (Å²) in [5, 5.41) is 2.94. The van der Waals surface area contributed by atoms with E-state index in [-0.39, 0.29) is 24.8 Å². The van der Waals surface area contributed by atoms with Crippen molar-refractivity contribution in [2.75, 3.05) is 11.9 Å². The van der Waals surface area contributed by atoms with Crippen LogP contribution < -0.4 is 10.1 Å². The maximum atomic E-state index is 12.8. The van der Waals surface area contributed by atoms with Gasteiger partial charge in [-0.3, -0.25) is 4.79 Å². The second kappa shape index (κ2) is 8.15. The number of carbonyl (C=O) groups is 1. The molecule has 25 heavy (non-hydrogen) atoms. The summed E-state index contributed by atoms with van der Waals surface area (Å²) in [5.41, 5.74) is 3.60. The molecule has 1 aliphatic carbocycles. The van der Waals surface area contributed by atoms with Crippen LogP contribution in [-0.4, -0.2) is 12.5 Å². The van der Waals surface area contributed by atoms with E-state index >= 15 is 0 Å². The fourth-order valence-electron chi connectivity index (χ4n) is 3.14. The molecule has 0 aromatic heterocycles. The van der Waals surface area contributed by atoms with Gasteiger partial charge >= 0.3 is 0 Å². The van der Waals surface area contributed by atoms with Crippen molar-refractivity contribution in [1.82, 2.24) is 0 Å². The van der Waals surface area contributed by atoms with Gasteiger partial charge < -0.3 is 10.1 Å². The lowest BCUT2D eigenvalue weighted by molar-refractivity contribution is -0.116. The molecule has 1 unspecified atom stereocenters. The largest absolute Gasteiger partial charge is 0.493 e. The Bertz CT molecular complexity index is 727. The van der Waals surface area contributed by atoms with E-state index in [4.69, 9.17) is 4.74 Å². The molecule has 0 radical (unpaired) electrons. The van der Waals surface area contributed by atoms with Gasteiger partial charge in [0, 0.05) is 5.69 Å². The van der Waals surface area contributed by atoms with Crippen LogP contribution in [0.3, 0.4) is 0 Å². The highest BCUT2D eigenvalue weighted by molar-refractivity contribution is 5.90. The average molecular weight is 341 g/mol. The minimum atomic E-state index is -0.303. The lowest BCUT2D eigenvalue weighted by atomic mass is 10.0. The number of carbonyl (C=O) groups excluding carboxylic acids is 1. The van der Waals surface area contributed by atoms with Gasteiger partial charge in [0.2, 0.25) is 5.91 Å². The summed E-state index contributed by atoms with van der Waals surface area (Å²) in [7, 11) is 0. The molecule has 1 amide bonds. The zero-order valence-electron chi connectivity index (χ0n) is 14.6. The fourth-order valence-corrected chi connectivity index (χ4v) is 3.14. The van der Waals surface area contributed by atoms with Crippen LogP contribution >= 0.6 is 0 Å². The van der Waals surface area contributed by atoms with Crippen LogP contribution in [0.25, 0.3) is 0 Å². The topological polar surface area (TPSA) is 38.3 Å². The second-order valence-corrected chi connectivity index (χ2v) is 6.77. The number of hydrogen-bond acceptors (Lipinski definition) is 2. The molecule has 2 aromatic carbocycles. The van der Waals surface area contributed by atoms with Crippen molar-refractivity contribution in [3.63, 3.8) is 0 Å². The summed E-state index contributed by atoms with van der Waals surface area (Å²) in [6.45, 7) is 2.57. The molecule has 0 saturated carbocycles. The Labute approximate surface area is 148 Å². The Morgan fingerprint density at radius 1 is 1.12 bits per heavy atom. The standard InChI is InChI=1S/C21H24FNO2/c1-15-2-4-16-6-9-19(14-17(16)5-3-15)23-21(24)12-13-25-20-10-7-18(22)8-11-20/h6-11,14-15H,2-5,12-13H2,1H3,(H,23,24). The third-order valence-electron chi connectivity index (χ3n) is 4.71. The van der Waals surface area contributed by atoms with E-state index in [0.717, 1.165) is 24.4 Å². The molecule has 0 bridgehead atoms. The van der Waals surface area contributed by atoms with Gasteiger partial charge in [0.05, 0.1) is 13.0 Å². The van der Waals surface area contributed by atoms with Crippen molar-refractivity contribution in [2.24, 2.45) is 5.92 Å². The normalized spacial score (nSPS) is 16.6. The van der Waals surface area contributed by atoms with Crippen molar-refractivity contribution < 1.29 is 13.9 Å². The van der Waals surface area contributed by atoms with E-state index < -0.39 is 0 Å². The van der Waals surface area contributed by atoms with Crippen molar-refractivity contribution in [3.05, 3.63) is 59.4 Å². The summed E-state index contributed by atoms with van der Waals surface area (Å²) < 4.78 is 18.3. The minimum Gasteiger partial charge on any atom is -0.493 e. The van der Waals surface area contributed by atoms with Gasteiger partial charge in [-0.2, -0.15) is 0 Å². The van der Waals surface area contributed by atoms with E-state index in [1.807, 2.05) is 6.07 Å². The molecule has 1 aliphatic rings. The van der Waals surface area contributed by atoms with E-state index in [1.165, 1.54) is 36.1 Å². The first-order valence-corrected chi connectivity index (χ1v) is 8.90. The van der Waals surface area contributed by atoms with Gasteiger partial charge in [0.15, 0.2) is 0 Å². The molecule has 0 spiro atoms. The quantitative estimate of drug-likeness (QED) is 0.797. The average Bonchev–Trinajstić information content (AvgIpc) is 2.78. The SMILES string of the molecule is CC1CCc2ccc(NC(=O)CCOc3ccc(F)cc3)cc2CC1. The van der Waals surface area contributed by atoms with Crippen LogP contribution in [0.4, 0.5) is 10.1 Å². The molecular formula is C21H24FNO2. The van der Waals surface area contributed by atoms with Crippen LogP contribution in [0, 0.1) is 11.7 Å². The lowest BCUT2D eigenvalue weighted by Crippen LogP contribution is -2.15. The molecule has 1 atom stereocenters. The zero-order chi connectivity index (χ0) is 17.6. The van der Waals surface area contributed by atoms with Crippen molar-refractivity contribution in [3.8, 4) is 5.75 Å². The number of anilines is 1. The fraction of sp³-hybridized carbons (Fsp3) is 0.381. The molecule has 2 aromatic rings. The van der Waals surface area contributed by atoms with Crippen molar-refractivity contribution in [1.29, 1.82) is 0 Å². The van der Waals surface area contributed by atoms with Crippen LogP contribution in [0.5, 0.6) is 5.75 Å². The van der Waals surface area contributed by atoms with Crippen LogP contribution in [0.15, 0.2) is 42.5 Å². The molecule has 0 aliphatic heterocycles. The molecule has 0 saturated heterocycles. The number of amides is 1. The van der Waals surface area contributed by atoms with E-state index in [1.54, 1.807) is 12.1 Å². The van der Waals surface area contributed by atoms with Crippen LogP contribution in [0.2, 0.25) is 0 Å². The Balaban J connectivity index is 1.50. The van der Waals surface area contributed by atoms with Crippen LogP contribution in [0.1, 0.15) is 37.3 Å². The lowest BCUT2D eigenvalue weighted by Gasteiger charge is -2.11. The summed E-state index contributed by atoms with van der Waals surface area (Å²) in [6, 6.07) is 12.0. The maximum Gasteiger partial charge on any atom is 0.227 e. The van der Waals surface area contributed by atoms with Gasteiger partial charge in [-0.15, -0.1) is 0 Å². The van der Waals surface area contributed by atoms with Crippen LogP contribution in [-0.2, 0) is 17.6 Å². The van der Waals surface area contributed by atoms with Gasteiger partial charge in [-0.1, -0.05) is 13.0 Å². The number of aryl methyl sites for hydroxylation is 2. The van der Waals surface area contributed by atoms with Gasteiger partial charge in [0.1, 0.15) is 11.6 Å². The number of ether oxygens (including phenoxy) is 1. The van der Waals surface area contributed by atoms with Crippen molar-refractivity contribution in [2.45, 2.75) is 39.0 Å². The number of rotatable bonds is 5. The number of fused-ring (bicyclic) bond motifs is 1. The predicted molar refractivity (Wildman–Crippen MR) is 97.4 cm³/mol. The van der Waals surface area contributed by atoms with Gasteiger partial charge in [-0.05, 0) is 79.1 Å². The Hall–Kier alpha value is -2.36. The Morgan fingerprint density at radius 2 is 1.84 bits per heavy atom. The first-order valence-electron chi connectivity index (χ1n) is 8.90. The molecule has 3 nitrogen and oxygen atoms in total. The molecule has 4 heteroatoms. The van der Waals surface area contributed by atoms with E-state index in [9.17, 15) is 9.18 Å². The Morgan fingerprint density at radius 3 is 2.60 bits per heavy atom. The molecule has 1 N–H and O–H groups in total. The number of hydrogen-bond donors (Lipinski definition) is 1. The highest BCUT2D eigenvalue weighted by atomic mass is 19.1. The smallest absolute Gasteiger partial charge is 0.227 e. The third kappa shape index (κ3) is 5.05. The minimum absolute atomic E-state index is 0.0796. The van der Waals surface area contributed by atoms with Gasteiger partial charge in [-0.25, -0.2) is 4.39 Å². The molecule has 0 heterocycles. The zero-order valence-corrected chi connectivity index (χ0v) is 14.6. The molecule has 3 rings (SSSR count). The monoisotopic (exact) mass is 341 g/mol. The molecule has 0 fully saturated rings. The van der Waals surface area contributed by atoms with Crippen molar-refractivity contribution >= 4 is 11.6 Å². The van der Waals surface area contributed by atoms with E-state index in [2.05, 4.69) is 24.4 Å². The highest BCUT2D eigenvalue weighted by Gasteiger charge is 2.13. The Kier molecular flexibility index (Phi) is 5.69. The number of halogens is 1. The predicted octanol–water partition coefficient (Wildman–Crippen LogP) is 4.75. The maximum absolute atomic E-state index is 12.8. The second-order valence-electron chi connectivity index (χ2n) is 6.77. The summed E-state index contributed by atoms with van der Waals surface area (Å²) in [5.74, 6) is 0.939. The third-order valence-corrected chi connectivity index (χ3v) is 4.71. The molecular weight excluding hydrogens is 317 g/mol. The highest BCUT2D eigenvalue weighted by Crippen LogP contribution is 2.26. The van der Waals surface area contributed by atoms with Gasteiger partial charge in [0.25, 0.3) is 0 Å². The summed E-state index contributed by atoms with van der Waals surface area (Å²) >= 11 is 0. The number of nitrogens with one attached hydrogen (secondary N) is 1. The first-order chi connectivity index (χ1) is 12.1.